The molecule has 1 aliphatic heterocycles. The predicted octanol–water partition coefficient (Wildman–Crippen LogP) is 1.94. The van der Waals surface area contributed by atoms with Gasteiger partial charge in [-0.2, -0.15) is 0 Å². The van der Waals surface area contributed by atoms with Crippen LogP contribution >= 0.6 is 0 Å². The summed E-state index contributed by atoms with van der Waals surface area (Å²) in [5, 5.41) is 0. The Bertz CT molecular complexity index is 353. The second-order valence-electron chi connectivity index (χ2n) is 4.57. The van der Waals surface area contributed by atoms with Crippen LogP contribution in [0.25, 0.3) is 0 Å². The van der Waals surface area contributed by atoms with Crippen LogP contribution in [0.3, 0.4) is 0 Å². The summed E-state index contributed by atoms with van der Waals surface area (Å²) >= 11 is 0. The topological polar surface area (TPSA) is 32.5 Å². The minimum Gasteiger partial charge on any atom is -0.399 e. The zero-order chi connectivity index (χ0) is 12.3. The number of anilines is 2. The summed E-state index contributed by atoms with van der Waals surface area (Å²) in [6.45, 7) is 7.33. The number of hydrogen-bond acceptors (Lipinski definition) is 3. The van der Waals surface area contributed by atoms with Crippen LogP contribution < -0.4 is 10.6 Å². The Morgan fingerprint density at radius 2 is 1.88 bits per heavy atom. The van der Waals surface area contributed by atoms with Crippen LogP contribution in [-0.4, -0.2) is 37.6 Å². The maximum absolute atomic E-state index is 13.3. The van der Waals surface area contributed by atoms with Gasteiger partial charge in [-0.05, 0) is 31.2 Å². The van der Waals surface area contributed by atoms with E-state index >= 15 is 0 Å². The third-order valence-electron chi connectivity index (χ3n) is 3.18. The first kappa shape index (κ1) is 12.2. The number of halogens is 1. The van der Waals surface area contributed by atoms with E-state index in [9.17, 15) is 4.39 Å². The first-order valence-corrected chi connectivity index (χ1v) is 6.22. The molecule has 0 bridgehead atoms. The first-order chi connectivity index (χ1) is 8.19. The lowest BCUT2D eigenvalue weighted by atomic mass is 10.2. The van der Waals surface area contributed by atoms with Gasteiger partial charge in [-0.3, -0.25) is 4.90 Å². The number of nitrogens with zero attached hydrogens (tertiary/aromatic N) is 2. The van der Waals surface area contributed by atoms with Gasteiger partial charge in [0.15, 0.2) is 0 Å². The van der Waals surface area contributed by atoms with Crippen LogP contribution in [0.1, 0.15) is 13.3 Å². The Balaban J connectivity index is 2.00. The fraction of sp³-hybridized carbons (Fsp3) is 0.538. The van der Waals surface area contributed by atoms with E-state index in [1.807, 2.05) is 6.07 Å². The molecule has 4 heteroatoms. The van der Waals surface area contributed by atoms with Gasteiger partial charge in [-0.15, -0.1) is 0 Å². The van der Waals surface area contributed by atoms with Crippen LogP contribution in [0.15, 0.2) is 18.2 Å². The van der Waals surface area contributed by atoms with Gasteiger partial charge in [0.25, 0.3) is 0 Å². The number of piperazine rings is 1. The molecule has 1 aromatic rings. The molecule has 17 heavy (non-hydrogen) atoms. The average Bonchev–Trinajstić information content (AvgIpc) is 2.29. The zero-order valence-electron chi connectivity index (χ0n) is 10.3. The molecule has 1 saturated heterocycles. The van der Waals surface area contributed by atoms with Crippen molar-refractivity contribution in [2.45, 2.75) is 13.3 Å². The van der Waals surface area contributed by atoms with Crippen molar-refractivity contribution in [1.82, 2.24) is 4.90 Å². The Morgan fingerprint density at radius 1 is 1.18 bits per heavy atom. The van der Waals surface area contributed by atoms with Crippen LogP contribution in [0, 0.1) is 5.82 Å². The first-order valence-electron chi connectivity index (χ1n) is 6.22. The van der Waals surface area contributed by atoms with Crippen molar-refractivity contribution >= 4 is 11.4 Å². The third kappa shape index (κ3) is 3.09. The highest BCUT2D eigenvalue weighted by molar-refractivity contribution is 5.56. The molecule has 94 valence electrons. The lowest BCUT2D eigenvalue weighted by molar-refractivity contribution is 0.258. The van der Waals surface area contributed by atoms with Crippen molar-refractivity contribution in [2.75, 3.05) is 43.4 Å². The van der Waals surface area contributed by atoms with E-state index in [0.29, 0.717) is 5.69 Å². The van der Waals surface area contributed by atoms with Crippen LogP contribution in [0.2, 0.25) is 0 Å². The van der Waals surface area contributed by atoms with Gasteiger partial charge in [0.1, 0.15) is 5.82 Å². The van der Waals surface area contributed by atoms with E-state index < -0.39 is 0 Å². The zero-order valence-corrected chi connectivity index (χ0v) is 10.3. The van der Waals surface area contributed by atoms with Gasteiger partial charge in [0.05, 0.1) is 0 Å². The molecular weight excluding hydrogens is 217 g/mol. The van der Waals surface area contributed by atoms with Crippen molar-refractivity contribution in [3.8, 4) is 0 Å². The summed E-state index contributed by atoms with van der Waals surface area (Å²) in [6.07, 6.45) is 1.19. The Labute approximate surface area is 102 Å². The van der Waals surface area contributed by atoms with Gasteiger partial charge in [0.2, 0.25) is 0 Å². The molecule has 0 atom stereocenters. The fourth-order valence-electron chi connectivity index (χ4n) is 2.32. The lowest BCUT2D eigenvalue weighted by Crippen LogP contribution is -2.46. The van der Waals surface area contributed by atoms with E-state index in [4.69, 9.17) is 5.73 Å². The summed E-state index contributed by atoms with van der Waals surface area (Å²) in [5.74, 6) is -0.254. The van der Waals surface area contributed by atoms with E-state index in [1.165, 1.54) is 12.5 Å². The smallest absolute Gasteiger partial charge is 0.127 e. The van der Waals surface area contributed by atoms with Gasteiger partial charge >= 0.3 is 0 Å². The normalized spacial score (nSPS) is 17.4. The highest BCUT2D eigenvalue weighted by Gasteiger charge is 2.16. The lowest BCUT2D eigenvalue weighted by Gasteiger charge is -2.36. The number of benzene rings is 1. The molecule has 0 radical (unpaired) electrons. The number of nitrogen functional groups attached to an aromatic ring is 1. The molecule has 3 nitrogen and oxygen atoms in total. The van der Waals surface area contributed by atoms with Crippen molar-refractivity contribution in [3.63, 3.8) is 0 Å². The largest absolute Gasteiger partial charge is 0.399 e. The molecule has 0 aliphatic carbocycles. The minimum absolute atomic E-state index is 0.254. The van der Waals surface area contributed by atoms with Crippen molar-refractivity contribution in [1.29, 1.82) is 0 Å². The predicted molar refractivity (Wildman–Crippen MR) is 69.8 cm³/mol. The quantitative estimate of drug-likeness (QED) is 0.815. The molecule has 0 aromatic heterocycles. The molecule has 0 spiro atoms. The molecule has 1 aliphatic rings. The molecule has 2 N–H and O–H groups in total. The van der Waals surface area contributed by atoms with E-state index in [1.54, 1.807) is 6.07 Å². The third-order valence-corrected chi connectivity index (χ3v) is 3.18. The SMILES string of the molecule is CCCN1CCN(c2cc(N)cc(F)c2)CC1. The Morgan fingerprint density at radius 3 is 2.47 bits per heavy atom. The molecule has 1 aromatic carbocycles. The highest BCUT2D eigenvalue weighted by atomic mass is 19.1. The van der Waals surface area contributed by atoms with Crippen LogP contribution in [0.4, 0.5) is 15.8 Å². The van der Waals surface area contributed by atoms with Gasteiger partial charge < -0.3 is 10.6 Å². The maximum atomic E-state index is 13.3. The minimum atomic E-state index is -0.254. The highest BCUT2D eigenvalue weighted by Crippen LogP contribution is 2.21. The van der Waals surface area contributed by atoms with E-state index in [2.05, 4.69) is 16.7 Å². The summed E-state index contributed by atoms with van der Waals surface area (Å²) in [5.41, 5.74) is 7.06. The van der Waals surface area contributed by atoms with E-state index in [0.717, 1.165) is 38.4 Å². The number of nitrogens with two attached hydrogens (primary N) is 1. The maximum Gasteiger partial charge on any atom is 0.127 e. The molecule has 0 unspecified atom stereocenters. The number of hydrogen-bond donors (Lipinski definition) is 1. The molecule has 1 fully saturated rings. The second-order valence-corrected chi connectivity index (χ2v) is 4.57. The Kier molecular flexibility index (Phi) is 3.84. The Hall–Kier alpha value is -1.29. The van der Waals surface area contributed by atoms with Gasteiger partial charge in [-0.1, -0.05) is 6.92 Å². The van der Waals surface area contributed by atoms with Crippen molar-refractivity contribution in [2.24, 2.45) is 0 Å². The standard InChI is InChI=1S/C13H20FN3/c1-2-3-16-4-6-17(7-5-16)13-9-11(14)8-12(15)10-13/h8-10H,2-7,15H2,1H3. The van der Waals surface area contributed by atoms with Crippen molar-refractivity contribution < 1.29 is 4.39 Å². The molecule has 0 saturated carbocycles. The van der Waals surface area contributed by atoms with E-state index in [-0.39, 0.29) is 5.82 Å². The fourth-order valence-corrected chi connectivity index (χ4v) is 2.32. The van der Waals surface area contributed by atoms with Gasteiger partial charge in [0, 0.05) is 37.6 Å². The van der Waals surface area contributed by atoms with Crippen LogP contribution in [-0.2, 0) is 0 Å². The van der Waals surface area contributed by atoms with Crippen LogP contribution in [0.5, 0.6) is 0 Å². The summed E-state index contributed by atoms with van der Waals surface area (Å²) in [7, 11) is 0. The van der Waals surface area contributed by atoms with Crippen molar-refractivity contribution in [3.05, 3.63) is 24.0 Å². The second kappa shape index (κ2) is 5.36. The molecule has 0 amide bonds. The summed E-state index contributed by atoms with van der Waals surface area (Å²) < 4.78 is 13.3. The summed E-state index contributed by atoms with van der Waals surface area (Å²) in [4.78, 5) is 4.64. The average molecular weight is 237 g/mol. The van der Waals surface area contributed by atoms with Gasteiger partial charge in [-0.25, -0.2) is 4.39 Å². The summed E-state index contributed by atoms with van der Waals surface area (Å²) in [6, 6.07) is 4.77. The number of rotatable bonds is 3. The molecular formula is C13H20FN3. The monoisotopic (exact) mass is 237 g/mol. The molecule has 1 heterocycles. The molecule has 2 rings (SSSR count).